The molecular formula is C47H37NO4. The van der Waals surface area contributed by atoms with E-state index in [1.54, 1.807) is 0 Å². The number of fused-ring (bicyclic) bond motifs is 5. The smallest absolute Gasteiger partial charge is 0.171 e. The van der Waals surface area contributed by atoms with Crippen LogP contribution in [0, 0.1) is 0 Å². The zero-order valence-electron chi connectivity index (χ0n) is 29.0. The predicted molar refractivity (Wildman–Crippen MR) is 206 cm³/mol. The molecule has 2 aliphatic heterocycles. The van der Waals surface area contributed by atoms with Crippen molar-refractivity contribution in [3.05, 3.63) is 192 Å². The zero-order valence-corrected chi connectivity index (χ0v) is 29.0. The maximum Gasteiger partial charge on any atom is 0.171 e. The third-order valence-corrected chi connectivity index (χ3v) is 11.0. The molecule has 2 fully saturated rings. The highest BCUT2D eigenvalue weighted by Gasteiger charge is 2.66. The van der Waals surface area contributed by atoms with Crippen molar-refractivity contribution in [3.8, 4) is 0 Å². The summed E-state index contributed by atoms with van der Waals surface area (Å²) < 4.78 is 14.4. The fourth-order valence-corrected chi connectivity index (χ4v) is 8.53. The molecule has 0 aromatic heterocycles. The summed E-state index contributed by atoms with van der Waals surface area (Å²) in [5.41, 5.74) is 4.34. The van der Waals surface area contributed by atoms with E-state index in [0.717, 1.165) is 65.3 Å². The quantitative estimate of drug-likeness (QED) is 0.201. The topological polar surface area (TPSA) is 49.0 Å². The number of ether oxygens (including phenoxy) is 2. The summed E-state index contributed by atoms with van der Waals surface area (Å²) in [6, 6.07) is 59.6. The summed E-state index contributed by atoms with van der Waals surface area (Å²) in [5.74, 6) is -0.989. The first-order chi connectivity index (χ1) is 25.4. The van der Waals surface area contributed by atoms with Gasteiger partial charge in [-0.15, -0.1) is 0 Å². The molecule has 254 valence electrons. The van der Waals surface area contributed by atoms with E-state index in [9.17, 15) is 0 Å². The average Bonchev–Trinajstić information content (AvgIpc) is 3.45. The highest BCUT2D eigenvalue weighted by molar-refractivity contribution is 5.87. The van der Waals surface area contributed by atoms with Crippen LogP contribution in [0.15, 0.2) is 170 Å². The molecule has 2 saturated heterocycles. The van der Waals surface area contributed by atoms with Crippen LogP contribution in [0.25, 0.3) is 43.1 Å². The molecule has 52 heavy (non-hydrogen) atoms. The van der Waals surface area contributed by atoms with E-state index >= 15 is 0 Å². The Bertz CT molecular complexity index is 2310. The Hall–Kier alpha value is -5.40. The Morgan fingerprint density at radius 3 is 0.923 bits per heavy atom. The number of hydrogen-bond donors (Lipinski definition) is 1. The van der Waals surface area contributed by atoms with Crippen LogP contribution < -0.4 is 5.64 Å². The Labute approximate surface area is 302 Å². The fourth-order valence-electron chi connectivity index (χ4n) is 8.53. The molecule has 2 unspecified atom stereocenters. The van der Waals surface area contributed by atoms with Gasteiger partial charge in [0.15, 0.2) is 17.0 Å². The molecule has 0 radical (unpaired) electrons. The Morgan fingerprint density at radius 1 is 0.365 bits per heavy atom. The molecule has 8 aromatic carbocycles. The number of rotatable bonds is 4. The van der Waals surface area contributed by atoms with Crippen molar-refractivity contribution in [3.63, 3.8) is 0 Å². The van der Waals surface area contributed by atoms with E-state index < -0.39 is 29.2 Å². The van der Waals surface area contributed by atoms with Crippen molar-refractivity contribution in [1.82, 2.24) is 5.64 Å². The van der Waals surface area contributed by atoms with Gasteiger partial charge in [0.2, 0.25) is 0 Å². The largest absolute Gasteiger partial charge is 0.341 e. The Kier molecular flexibility index (Phi) is 7.13. The van der Waals surface area contributed by atoms with Crippen molar-refractivity contribution in [2.75, 3.05) is 0 Å². The van der Waals surface area contributed by atoms with Gasteiger partial charge in [0, 0.05) is 0 Å². The zero-order chi connectivity index (χ0) is 34.9. The van der Waals surface area contributed by atoms with E-state index in [2.05, 4.69) is 176 Å². The molecule has 0 saturated carbocycles. The summed E-state index contributed by atoms with van der Waals surface area (Å²) in [6.07, 6.45) is -1.39. The van der Waals surface area contributed by atoms with Crippen LogP contribution in [0.5, 0.6) is 0 Å². The third kappa shape index (κ3) is 4.82. The molecule has 0 spiro atoms. The Morgan fingerprint density at radius 2 is 0.635 bits per heavy atom. The van der Waals surface area contributed by atoms with Crippen LogP contribution in [0.2, 0.25) is 0 Å². The lowest BCUT2D eigenvalue weighted by molar-refractivity contribution is -0.287. The number of benzene rings is 8. The van der Waals surface area contributed by atoms with Gasteiger partial charge < -0.3 is 9.47 Å². The molecule has 1 N–H and O–H groups in total. The van der Waals surface area contributed by atoms with Crippen LogP contribution in [-0.2, 0) is 30.4 Å². The van der Waals surface area contributed by atoms with Gasteiger partial charge in [-0.1, -0.05) is 151 Å². The van der Waals surface area contributed by atoms with E-state index in [-0.39, 0.29) is 0 Å². The van der Waals surface area contributed by atoms with Gasteiger partial charge in [-0.05, 0) is 103 Å². The fraction of sp³-hybridized carbons (Fsp3) is 0.149. The van der Waals surface area contributed by atoms with Crippen LogP contribution in [0.4, 0.5) is 0 Å². The lowest BCUT2D eigenvalue weighted by Gasteiger charge is -2.41. The summed E-state index contributed by atoms with van der Waals surface area (Å²) in [6.45, 7) is 3.96. The van der Waals surface area contributed by atoms with Gasteiger partial charge in [0.05, 0.1) is 0 Å². The van der Waals surface area contributed by atoms with Crippen LogP contribution in [-0.4, -0.2) is 18.0 Å². The lowest BCUT2D eigenvalue weighted by atomic mass is 9.71. The van der Waals surface area contributed by atoms with E-state index in [4.69, 9.17) is 19.1 Å². The van der Waals surface area contributed by atoms with Gasteiger partial charge in [-0.2, -0.15) is 0 Å². The summed E-state index contributed by atoms with van der Waals surface area (Å²) in [7, 11) is 0. The van der Waals surface area contributed by atoms with Crippen LogP contribution >= 0.6 is 0 Å². The molecular weight excluding hydrogens is 643 g/mol. The highest BCUT2D eigenvalue weighted by atomic mass is 16.9. The SMILES string of the molecule is CC1(C)OC2C(O1)C(c1ccc3ccccc3c1)(c1ccc3ccccc3c1)ONOC2(c1ccc2ccccc2c1)c1ccc2ccccc2c1. The third-order valence-electron chi connectivity index (χ3n) is 11.0. The monoisotopic (exact) mass is 679 g/mol. The van der Waals surface area contributed by atoms with E-state index in [0.29, 0.717) is 0 Å². The number of hydrogen-bond acceptors (Lipinski definition) is 5. The molecule has 2 atom stereocenters. The van der Waals surface area contributed by atoms with E-state index in [1.807, 2.05) is 13.8 Å². The minimum Gasteiger partial charge on any atom is -0.341 e. The molecule has 10 rings (SSSR count). The second-order valence-corrected chi connectivity index (χ2v) is 14.5. The molecule has 2 heterocycles. The molecule has 5 heteroatoms. The average molecular weight is 680 g/mol. The van der Waals surface area contributed by atoms with Gasteiger partial charge in [0.25, 0.3) is 0 Å². The molecule has 0 amide bonds. The van der Waals surface area contributed by atoms with E-state index in [1.165, 1.54) is 0 Å². The minimum atomic E-state index is -1.22. The standard InChI is InChI=1S/C47H37NO4/c1-45(2)49-43-44(50-45)47(41-25-21-33-13-5-9-17-37(33)29-41,42-26-22-34-14-6-10-18-38(34)30-42)52-48-51-46(43,39-23-19-31-11-3-7-15-35(31)27-39)40-24-20-32-12-4-8-16-36(32)28-40/h3-30,43-44,48H,1-2H3. The second kappa shape index (κ2) is 11.8. The van der Waals surface area contributed by atoms with Crippen molar-refractivity contribution in [2.45, 2.75) is 43.0 Å². The Balaban J connectivity index is 1.28. The molecule has 2 aliphatic rings. The van der Waals surface area contributed by atoms with Crippen molar-refractivity contribution in [1.29, 1.82) is 0 Å². The number of nitrogens with one attached hydrogen (secondary N) is 1. The van der Waals surface area contributed by atoms with Crippen molar-refractivity contribution >= 4 is 43.1 Å². The normalized spacial score (nSPS) is 20.6. The van der Waals surface area contributed by atoms with Gasteiger partial charge in [-0.25, -0.2) is 0 Å². The summed E-state index contributed by atoms with van der Waals surface area (Å²) in [5, 5.41) is 8.94. The first-order valence-corrected chi connectivity index (χ1v) is 17.9. The van der Waals surface area contributed by atoms with Crippen LogP contribution in [0.1, 0.15) is 36.1 Å². The molecule has 0 bridgehead atoms. The molecule has 0 aliphatic carbocycles. The minimum absolute atomic E-state index is 0.697. The lowest BCUT2D eigenvalue weighted by Crippen LogP contribution is -2.53. The van der Waals surface area contributed by atoms with Crippen molar-refractivity contribution < 1.29 is 19.1 Å². The van der Waals surface area contributed by atoms with Gasteiger partial charge >= 0.3 is 0 Å². The van der Waals surface area contributed by atoms with Crippen LogP contribution in [0.3, 0.4) is 0 Å². The van der Waals surface area contributed by atoms with Crippen molar-refractivity contribution in [2.24, 2.45) is 0 Å². The summed E-state index contributed by atoms with van der Waals surface area (Å²) in [4.78, 5) is 14.1. The van der Waals surface area contributed by atoms with Gasteiger partial charge in [-0.3, -0.25) is 9.68 Å². The highest BCUT2D eigenvalue weighted by Crippen LogP contribution is 2.55. The first-order valence-electron chi connectivity index (χ1n) is 17.9. The maximum atomic E-state index is 7.19. The maximum absolute atomic E-state index is 7.19. The second-order valence-electron chi connectivity index (χ2n) is 14.5. The molecule has 5 nitrogen and oxygen atoms in total. The molecule has 8 aromatic rings. The first kappa shape index (κ1) is 31.3. The predicted octanol–water partition coefficient (Wildman–Crippen LogP) is 10.5. The van der Waals surface area contributed by atoms with Gasteiger partial charge in [0.1, 0.15) is 12.2 Å². The summed E-state index contributed by atoms with van der Waals surface area (Å²) >= 11 is 0.